The van der Waals surface area contributed by atoms with Crippen molar-refractivity contribution in [3.63, 3.8) is 0 Å². The molecule has 4 heterocycles. The number of halogens is 1. The second-order valence-corrected chi connectivity index (χ2v) is 15.6. The van der Waals surface area contributed by atoms with Gasteiger partial charge in [0.2, 0.25) is 11.8 Å². The molecule has 4 aromatic rings. The van der Waals surface area contributed by atoms with Crippen LogP contribution in [0, 0.1) is 17.7 Å². The van der Waals surface area contributed by atoms with E-state index in [1.165, 1.54) is 7.11 Å². The molecular formula is C41H51FN8O4. The zero-order valence-corrected chi connectivity index (χ0v) is 31.7. The van der Waals surface area contributed by atoms with Crippen molar-refractivity contribution in [3.8, 4) is 33.6 Å². The molecular weight excluding hydrogens is 688 g/mol. The van der Waals surface area contributed by atoms with E-state index >= 15 is 4.39 Å². The summed E-state index contributed by atoms with van der Waals surface area (Å²) in [5, 5.41) is 2.67. The summed E-state index contributed by atoms with van der Waals surface area (Å²) >= 11 is 0. The van der Waals surface area contributed by atoms with Crippen molar-refractivity contribution in [3.05, 3.63) is 71.3 Å². The molecule has 3 amide bonds. The Hall–Kier alpha value is -5.04. The first-order valence-corrected chi connectivity index (χ1v) is 19.2. The highest BCUT2D eigenvalue weighted by molar-refractivity contribution is 5.86. The zero-order chi connectivity index (χ0) is 38.3. The minimum absolute atomic E-state index is 0.0195. The van der Waals surface area contributed by atoms with Gasteiger partial charge in [0.1, 0.15) is 23.5 Å². The number of imidazole rings is 2. The van der Waals surface area contributed by atoms with Gasteiger partial charge in [-0.3, -0.25) is 9.59 Å². The predicted octanol–water partition coefficient (Wildman–Crippen LogP) is 6.45. The first kappa shape index (κ1) is 37.3. The van der Waals surface area contributed by atoms with E-state index in [2.05, 4.69) is 32.4 Å². The number of nitrogens with one attached hydrogen (secondary N) is 3. The standard InChI is InChI=1S/C41H51FN8O4/c1-22(2)34(43)39(51)49-17-8-12-33(49)38-45-30-10-6-9-26-19-24(13-15-27(26)36(30)47-38)25-14-16-28(29(42)20-25)31-21-44-37(46-31)32-11-7-18-50(32)40(52)35(23(3)4)48-41(53)54-5/h13-16,19-23,32-35H,6-12,17-18,43H2,1-5H3,(H,44,46)(H,45,47)(H,48,53)/t32-,33-,34-,35-/m0/s1. The Bertz CT molecular complexity index is 2040. The number of aromatic amines is 2. The summed E-state index contributed by atoms with van der Waals surface area (Å²) < 4.78 is 20.6. The minimum atomic E-state index is -0.738. The van der Waals surface area contributed by atoms with Gasteiger partial charge in [-0.15, -0.1) is 0 Å². The molecule has 5 N–H and O–H groups in total. The van der Waals surface area contributed by atoms with E-state index in [9.17, 15) is 14.4 Å². The minimum Gasteiger partial charge on any atom is -0.453 e. The Morgan fingerprint density at radius 3 is 2.20 bits per heavy atom. The highest BCUT2D eigenvalue weighted by Gasteiger charge is 2.38. The fraction of sp³-hybridized carbons (Fsp3) is 0.488. The molecule has 2 saturated heterocycles. The number of benzene rings is 2. The number of fused-ring (bicyclic) bond motifs is 3. The fourth-order valence-electron chi connectivity index (χ4n) is 8.20. The Kier molecular flexibility index (Phi) is 10.6. The number of likely N-dealkylation sites (tertiary alicyclic amines) is 2. The number of rotatable bonds is 9. The molecule has 3 aliphatic rings. The van der Waals surface area contributed by atoms with Crippen molar-refractivity contribution in [2.75, 3.05) is 20.2 Å². The molecule has 2 fully saturated rings. The first-order chi connectivity index (χ1) is 25.9. The van der Waals surface area contributed by atoms with E-state index in [1.54, 1.807) is 23.2 Å². The molecule has 2 aliphatic heterocycles. The number of ether oxygens (including phenoxy) is 1. The van der Waals surface area contributed by atoms with Crippen molar-refractivity contribution >= 4 is 17.9 Å². The average molecular weight is 739 g/mol. The van der Waals surface area contributed by atoms with Gasteiger partial charge in [0.05, 0.1) is 42.8 Å². The van der Waals surface area contributed by atoms with Crippen molar-refractivity contribution in [2.45, 2.75) is 96.8 Å². The number of amides is 3. The second kappa shape index (κ2) is 15.4. The summed E-state index contributed by atoms with van der Waals surface area (Å²) in [5.74, 6) is 0.716. The topological polar surface area (TPSA) is 162 Å². The normalized spacial score (nSPS) is 19.4. The molecule has 0 saturated carbocycles. The quantitative estimate of drug-likeness (QED) is 0.153. The van der Waals surface area contributed by atoms with Crippen molar-refractivity contribution in [2.24, 2.45) is 17.6 Å². The number of aryl methyl sites for hydroxylation is 2. The van der Waals surface area contributed by atoms with Gasteiger partial charge in [0, 0.05) is 29.9 Å². The molecule has 12 nitrogen and oxygen atoms in total. The third-order valence-electron chi connectivity index (χ3n) is 11.3. The molecule has 4 atom stereocenters. The van der Waals surface area contributed by atoms with Gasteiger partial charge >= 0.3 is 6.09 Å². The summed E-state index contributed by atoms with van der Waals surface area (Å²) in [5.41, 5.74) is 13.1. The van der Waals surface area contributed by atoms with Crippen molar-refractivity contribution in [1.29, 1.82) is 0 Å². The monoisotopic (exact) mass is 738 g/mol. The summed E-state index contributed by atoms with van der Waals surface area (Å²) in [6, 6.07) is 9.77. The molecule has 286 valence electrons. The molecule has 7 rings (SSSR count). The van der Waals surface area contributed by atoms with Crippen LogP contribution in [-0.2, 0) is 27.2 Å². The van der Waals surface area contributed by atoms with Crippen LogP contribution in [0.15, 0.2) is 42.6 Å². The second-order valence-electron chi connectivity index (χ2n) is 15.6. The van der Waals surface area contributed by atoms with Crippen molar-refractivity contribution < 1.29 is 23.5 Å². The van der Waals surface area contributed by atoms with Crippen LogP contribution in [0.4, 0.5) is 9.18 Å². The van der Waals surface area contributed by atoms with Gasteiger partial charge in [-0.1, -0.05) is 52.0 Å². The lowest BCUT2D eigenvalue weighted by Crippen LogP contribution is -2.51. The number of alkyl carbamates (subject to hydrolysis) is 1. The van der Waals surface area contributed by atoms with Crippen LogP contribution in [0.1, 0.15) is 94.8 Å². The van der Waals surface area contributed by atoms with Gasteiger partial charge in [-0.25, -0.2) is 19.2 Å². The number of H-pyrrole nitrogens is 2. The van der Waals surface area contributed by atoms with E-state index in [4.69, 9.17) is 15.5 Å². The van der Waals surface area contributed by atoms with Crippen LogP contribution in [0.5, 0.6) is 0 Å². The third-order valence-corrected chi connectivity index (χ3v) is 11.3. The number of nitrogens with two attached hydrogens (primary N) is 1. The summed E-state index contributed by atoms with van der Waals surface area (Å²) in [7, 11) is 1.27. The SMILES string of the molecule is COC(=O)N[C@H](C(=O)N1CCC[C@H]1c1ncc(-c2ccc(-c3ccc4c(c3)CCCc3[nH]c([C@@H]5CCCN5C(=O)[C@@H](N)C(C)C)nc3-4)cc2F)[nH]1)C(C)C. The molecule has 1 aliphatic carbocycles. The summed E-state index contributed by atoms with van der Waals surface area (Å²) in [6.45, 7) is 8.91. The number of carbonyl (C=O) groups is 3. The maximum atomic E-state index is 15.9. The van der Waals surface area contributed by atoms with E-state index in [-0.39, 0.29) is 41.6 Å². The fourth-order valence-corrected chi connectivity index (χ4v) is 8.20. The lowest BCUT2D eigenvalue weighted by Gasteiger charge is -2.30. The molecule has 13 heteroatoms. The number of aromatic nitrogens is 4. The lowest BCUT2D eigenvalue weighted by atomic mass is 9.95. The van der Waals surface area contributed by atoms with E-state index in [0.29, 0.717) is 36.6 Å². The van der Waals surface area contributed by atoms with Crippen molar-refractivity contribution in [1.82, 2.24) is 35.1 Å². The van der Waals surface area contributed by atoms with E-state index in [1.807, 2.05) is 44.7 Å². The smallest absolute Gasteiger partial charge is 0.407 e. The lowest BCUT2D eigenvalue weighted by molar-refractivity contribution is -0.136. The number of carbonyl (C=O) groups excluding carboxylic acids is 3. The first-order valence-electron chi connectivity index (χ1n) is 19.2. The number of nitrogens with zero attached hydrogens (tertiary/aromatic N) is 4. The molecule has 0 radical (unpaired) electrons. The molecule has 54 heavy (non-hydrogen) atoms. The Balaban J connectivity index is 1.09. The Labute approximate surface area is 315 Å². The van der Waals surface area contributed by atoms with Gasteiger partial charge < -0.3 is 35.6 Å². The number of methoxy groups -OCH3 is 1. The van der Waals surface area contributed by atoms with Crippen LogP contribution in [0.25, 0.3) is 33.6 Å². The predicted molar refractivity (Wildman–Crippen MR) is 203 cm³/mol. The Morgan fingerprint density at radius 1 is 0.870 bits per heavy atom. The molecule has 2 aromatic heterocycles. The molecule has 2 aromatic carbocycles. The maximum Gasteiger partial charge on any atom is 0.407 e. The number of hydrogen-bond donors (Lipinski definition) is 4. The third kappa shape index (κ3) is 7.13. The van der Waals surface area contributed by atoms with E-state index < -0.39 is 18.2 Å². The average Bonchev–Trinajstić information content (AvgIpc) is 3.98. The Morgan fingerprint density at radius 2 is 1.54 bits per heavy atom. The molecule has 0 spiro atoms. The molecule has 0 unspecified atom stereocenters. The van der Waals surface area contributed by atoms with Crippen LogP contribution < -0.4 is 11.1 Å². The highest BCUT2D eigenvalue weighted by Crippen LogP contribution is 2.39. The highest BCUT2D eigenvalue weighted by atomic mass is 19.1. The van der Waals surface area contributed by atoms with Crippen LogP contribution in [-0.4, -0.2) is 79.9 Å². The summed E-state index contributed by atoms with van der Waals surface area (Å²) in [4.78, 5) is 58.9. The van der Waals surface area contributed by atoms with Gasteiger partial charge in [-0.05, 0) is 85.6 Å². The van der Waals surface area contributed by atoms with Gasteiger partial charge in [0.15, 0.2) is 0 Å². The van der Waals surface area contributed by atoms with E-state index in [0.717, 1.165) is 78.0 Å². The maximum absolute atomic E-state index is 15.9. The largest absolute Gasteiger partial charge is 0.453 e. The zero-order valence-electron chi connectivity index (χ0n) is 31.7. The van der Waals surface area contributed by atoms with Gasteiger partial charge in [0.25, 0.3) is 0 Å². The van der Waals surface area contributed by atoms with Crippen LogP contribution in [0.3, 0.4) is 0 Å². The van der Waals surface area contributed by atoms with Crippen LogP contribution in [0.2, 0.25) is 0 Å². The molecule has 0 bridgehead atoms. The summed E-state index contributed by atoms with van der Waals surface area (Å²) in [6.07, 6.45) is 6.87. The van der Waals surface area contributed by atoms with Crippen LogP contribution >= 0.6 is 0 Å². The van der Waals surface area contributed by atoms with Gasteiger partial charge in [-0.2, -0.15) is 0 Å². The number of hydrogen-bond acceptors (Lipinski definition) is 7.